The first-order valence-electron chi connectivity index (χ1n) is 16.7. The van der Waals surface area contributed by atoms with Crippen molar-refractivity contribution in [3.8, 4) is 17.2 Å². The zero-order chi connectivity index (χ0) is 36.4. The number of fused-ring (bicyclic) bond motifs is 16. The summed E-state index contributed by atoms with van der Waals surface area (Å²) in [4.78, 5) is 66.0. The smallest absolute Gasteiger partial charge is 0.251 e. The van der Waals surface area contributed by atoms with E-state index in [0.29, 0.717) is 54.1 Å². The number of ketones is 1. The molecule has 3 N–H and O–H groups in total. The maximum atomic E-state index is 15.1. The summed E-state index contributed by atoms with van der Waals surface area (Å²) in [5, 5.41) is 12.8. The number of methoxy groups -OCH3 is 1. The van der Waals surface area contributed by atoms with Crippen LogP contribution in [-0.2, 0) is 27.5 Å². The SMILES string of the molecule is CC[C@@H]1NC(=O)CCCN(C(=O)CCn2nc(C)c(C(C)=O)c2C)CCCNC(=O)c2ccc(OC)c(c2)Oc2ccc(cc2F)CNC1=O. The van der Waals surface area contributed by atoms with Gasteiger partial charge in [-0.25, -0.2) is 4.39 Å². The first-order valence-corrected chi connectivity index (χ1v) is 16.7. The Kier molecular flexibility index (Phi) is 13.1. The normalized spacial score (nSPS) is 16.6. The van der Waals surface area contributed by atoms with Crippen molar-refractivity contribution in [2.45, 2.75) is 78.9 Å². The minimum Gasteiger partial charge on any atom is -0.493 e. The van der Waals surface area contributed by atoms with Crippen LogP contribution in [0, 0.1) is 19.7 Å². The van der Waals surface area contributed by atoms with Gasteiger partial charge >= 0.3 is 0 Å². The summed E-state index contributed by atoms with van der Waals surface area (Å²) < 4.78 is 27.9. The van der Waals surface area contributed by atoms with Crippen molar-refractivity contribution in [3.63, 3.8) is 0 Å². The highest BCUT2D eigenvalue weighted by Crippen LogP contribution is 2.34. The van der Waals surface area contributed by atoms with Crippen molar-refractivity contribution < 1.29 is 37.8 Å². The van der Waals surface area contributed by atoms with Gasteiger partial charge in [0, 0.05) is 56.8 Å². The summed E-state index contributed by atoms with van der Waals surface area (Å²) in [5.41, 5.74) is 2.58. The molecular formula is C36H45FN6O7. The van der Waals surface area contributed by atoms with Crippen molar-refractivity contribution in [3.05, 3.63) is 70.3 Å². The second-order valence-electron chi connectivity index (χ2n) is 12.1. The molecule has 0 spiro atoms. The molecule has 268 valence electrons. The van der Waals surface area contributed by atoms with Gasteiger partial charge in [-0.1, -0.05) is 13.0 Å². The molecule has 2 aromatic carbocycles. The standard InChI is InChI=1S/C36H45FN6O7/c1-6-28-36(48)39-21-25-10-12-29(27(37)19-25)50-31-20-26(11-13-30(31)49-5)35(47)38-15-8-17-42(16-7-9-32(45)40-28)33(46)14-18-43-23(3)34(24(4)44)22(2)41-43/h10-13,19-20,28H,6-9,14-18,21H2,1-5H3,(H,38,47)(H,39,48)(H,40,45)/t28-/m0/s1. The Morgan fingerprint density at radius 3 is 2.48 bits per heavy atom. The van der Waals surface area contributed by atoms with Crippen LogP contribution in [0.3, 0.4) is 0 Å². The largest absolute Gasteiger partial charge is 0.493 e. The molecule has 0 fully saturated rings. The fourth-order valence-electron chi connectivity index (χ4n) is 5.83. The Morgan fingerprint density at radius 1 is 1.04 bits per heavy atom. The molecule has 1 atom stereocenters. The fraction of sp³-hybridized carbons (Fsp3) is 0.444. The summed E-state index contributed by atoms with van der Waals surface area (Å²) in [7, 11) is 1.43. The summed E-state index contributed by atoms with van der Waals surface area (Å²) in [6.45, 7) is 7.93. The van der Waals surface area contributed by atoms with Gasteiger partial charge in [-0.15, -0.1) is 0 Å². The number of hydrogen-bond acceptors (Lipinski definition) is 8. The molecule has 0 saturated heterocycles. The third-order valence-electron chi connectivity index (χ3n) is 8.51. The Balaban J connectivity index is 1.52. The van der Waals surface area contributed by atoms with Gasteiger partial charge in [-0.05, 0) is 75.9 Å². The molecular weight excluding hydrogens is 647 g/mol. The van der Waals surface area contributed by atoms with Crippen molar-refractivity contribution >= 4 is 29.4 Å². The van der Waals surface area contributed by atoms with Crippen molar-refractivity contribution in [1.82, 2.24) is 30.6 Å². The van der Waals surface area contributed by atoms with E-state index in [9.17, 15) is 24.0 Å². The molecule has 3 aromatic rings. The van der Waals surface area contributed by atoms with Crippen LogP contribution in [0.25, 0.3) is 0 Å². The number of nitrogens with one attached hydrogen (secondary N) is 3. The Hall–Kier alpha value is -5.27. The predicted octanol–water partition coefficient (Wildman–Crippen LogP) is 3.99. The van der Waals surface area contributed by atoms with Gasteiger partial charge in [0.15, 0.2) is 28.8 Å². The Labute approximate surface area is 290 Å². The molecule has 2 aliphatic rings. The highest BCUT2D eigenvalue weighted by molar-refractivity contribution is 5.96. The second kappa shape index (κ2) is 17.4. The third kappa shape index (κ3) is 9.67. The Morgan fingerprint density at radius 2 is 1.80 bits per heavy atom. The van der Waals surface area contributed by atoms with Crippen LogP contribution >= 0.6 is 0 Å². The molecule has 1 aromatic heterocycles. The van der Waals surface area contributed by atoms with Gasteiger partial charge < -0.3 is 30.3 Å². The van der Waals surface area contributed by atoms with E-state index in [1.54, 1.807) is 48.6 Å². The fourth-order valence-corrected chi connectivity index (χ4v) is 5.83. The molecule has 4 amide bonds. The van der Waals surface area contributed by atoms with Crippen LogP contribution in [0.2, 0.25) is 0 Å². The molecule has 0 unspecified atom stereocenters. The number of Topliss-reactive ketones (excluding diaryl/α,β-unsaturated/α-hetero) is 1. The highest BCUT2D eigenvalue weighted by Gasteiger charge is 2.22. The van der Waals surface area contributed by atoms with Crippen molar-refractivity contribution in [1.29, 1.82) is 0 Å². The molecule has 50 heavy (non-hydrogen) atoms. The van der Waals surface area contributed by atoms with Crippen molar-refractivity contribution in [2.75, 3.05) is 26.7 Å². The van der Waals surface area contributed by atoms with Crippen LogP contribution in [0.5, 0.6) is 17.2 Å². The molecule has 3 heterocycles. The number of nitrogens with zero attached hydrogens (tertiary/aromatic N) is 3. The summed E-state index contributed by atoms with van der Waals surface area (Å²) in [6, 6.07) is 8.04. The topological polar surface area (TPSA) is 161 Å². The van der Waals surface area contributed by atoms with Gasteiger partial charge in [-0.2, -0.15) is 5.10 Å². The molecule has 4 bridgehead atoms. The minimum absolute atomic E-state index is 0.0200. The van der Waals surface area contributed by atoms with E-state index in [-0.39, 0.29) is 73.7 Å². The number of carbonyl (C=O) groups excluding carboxylic acids is 5. The van der Waals surface area contributed by atoms with Crippen LogP contribution in [-0.4, -0.2) is 76.9 Å². The van der Waals surface area contributed by atoms with E-state index in [4.69, 9.17) is 9.47 Å². The van der Waals surface area contributed by atoms with Crippen LogP contribution in [0.15, 0.2) is 36.4 Å². The number of aromatic nitrogens is 2. The van der Waals surface area contributed by atoms with E-state index in [1.807, 2.05) is 0 Å². The molecule has 0 saturated carbocycles. The number of ether oxygens (including phenoxy) is 2. The third-order valence-corrected chi connectivity index (χ3v) is 8.51. The van der Waals surface area contributed by atoms with Gasteiger partial charge in [0.25, 0.3) is 5.91 Å². The van der Waals surface area contributed by atoms with E-state index >= 15 is 4.39 Å². The van der Waals surface area contributed by atoms with Gasteiger partial charge in [0.1, 0.15) is 6.04 Å². The number of hydrogen-bond donors (Lipinski definition) is 3. The maximum absolute atomic E-state index is 15.1. The molecule has 0 aliphatic carbocycles. The van der Waals surface area contributed by atoms with Crippen LogP contribution in [0.4, 0.5) is 4.39 Å². The number of rotatable bonds is 6. The highest BCUT2D eigenvalue weighted by atomic mass is 19.1. The van der Waals surface area contributed by atoms with E-state index in [0.717, 1.165) is 0 Å². The first kappa shape index (κ1) is 37.5. The first-order chi connectivity index (χ1) is 23.9. The lowest BCUT2D eigenvalue weighted by atomic mass is 10.1. The van der Waals surface area contributed by atoms with Gasteiger partial charge in [-0.3, -0.25) is 28.7 Å². The lowest BCUT2D eigenvalue weighted by Gasteiger charge is -2.23. The number of amides is 4. The lowest BCUT2D eigenvalue weighted by molar-refractivity contribution is -0.132. The zero-order valence-electron chi connectivity index (χ0n) is 29.2. The lowest BCUT2D eigenvalue weighted by Crippen LogP contribution is -2.46. The average molecular weight is 693 g/mol. The molecule has 14 heteroatoms. The zero-order valence-corrected chi connectivity index (χ0v) is 29.2. The van der Waals surface area contributed by atoms with E-state index in [1.165, 1.54) is 32.2 Å². The molecule has 0 radical (unpaired) electrons. The molecule has 13 nitrogen and oxygen atoms in total. The predicted molar refractivity (Wildman–Crippen MR) is 183 cm³/mol. The van der Waals surface area contributed by atoms with Crippen molar-refractivity contribution in [2.24, 2.45) is 0 Å². The molecule has 5 rings (SSSR count). The summed E-state index contributed by atoms with van der Waals surface area (Å²) in [5.74, 6) is -1.75. The van der Waals surface area contributed by atoms with Crippen LogP contribution < -0.4 is 25.4 Å². The summed E-state index contributed by atoms with van der Waals surface area (Å²) >= 11 is 0. The molecule has 2 aliphatic heterocycles. The number of aryl methyl sites for hydroxylation is 2. The Bertz CT molecular complexity index is 1740. The van der Waals surface area contributed by atoms with E-state index < -0.39 is 23.7 Å². The number of halogens is 1. The number of carbonyl (C=O) groups is 5. The maximum Gasteiger partial charge on any atom is 0.251 e. The monoisotopic (exact) mass is 692 g/mol. The number of benzene rings is 2. The van der Waals surface area contributed by atoms with Gasteiger partial charge in [0.2, 0.25) is 17.7 Å². The summed E-state index contributed by atoms with van der Waals surface area (Å²) in [6.07, 6.45) is 1.31. The minimum atomic E-state index is -0.793. The quantitative estimate of drug-likeness (QED) is 0.327. The second-order valence-corrected chi connectivity index (χ2v) is 12.1. The van der Waals surface area contributed by atoms with Crippen LogP contribution in [0.1, 0.15) is 83.6 Å². The average Bonchev–Trinajstić information content (AvgIpc) is 3.38. The van der Waals surface area contributed by atoms with Gasteiger partial charge in [0.05, 0.1) is 18.4 Å². The van der Waals surface area contributed by atoms with E-state index in [2.05, 4.69) is 21.0 Å².